The Morgan fingerprint density at radius 1 is 0.121 bits per heavy atom. The average molecular weight is 1600 g/mol. The van der Waals surface area contributed by atoms with Gasteiger partial charge in [-0.3, -0.25) is 44.9 Å². The van der Waals surface area contributed by atoms with Crippen molar-refractivity contribution in [3.8, 4) is 0 Å². The van der Waals surface area contributed by atoms with E-state index in [4.69, 9.17) is 0 Å². The smallest absolute Gasteiger partial charge is 0.163 e. The minimum Gasteiger partial charge on any atom is -0.264 e. The van der Waals surface area contributed by atoms with Crippen LogP contribution in [0, 0.1) is 0 Å². The van der Waals surface area contributed by atoms with Gasteiger partial charge in [0, 0.05) is 205 Å². The predicted molar refractivity (Wildman–Crippen MR) is 496 cm³/mol. The second kappa shape index (κ2) is 39.5. The average Bonchev–Trinajstić information content (AvgIpc) is 0.749. The Morgan fingerprint density at radius 3 is 1.16 bits per heavy atom. The Kier molecular flexibility index (Phi) is 25.1. The number of benzene rings is 10. The number of pyridine rings is 10. The molecule has 16 heterocycles. The summed E-state index contributed by atoms with van der Waals surface area (Å²) in [6, 6.07) is 85.2. The standard InChI is InChI=1S/C16H10N2.2C12H8N2.2C11H7N3.5C8H6N2/c1-2-7-13-11(5-1)12-6-3-4-8-14(12)16-15(13)9-17-10-18-16;1-2-4-11-9(3-1)5-6-10-7-13-8-14-12(10)11;1-2-4-10-9(3-1)5-6-12-11(10)7-13-8-14-12;1-2-4-9-8(3-1)5-13-10-6-12-7-14-11(9)10;1-2-4-9-8(3-1)5-13-11-10(9)6-12-7-14-11;1-3-9-6-8-2-4-10-5-7(1)8;1-3-9-5-8-6-10-4-2-7(1)8;1-2-7-6-9-5-3-8(7)10-4-1;1-2-7-3-5-9-6-8(7)10-4-1;1-2-4-8-7(3-1)5-9-6-10-8/h1-10H;2*1-8H;2*1-7H;5*1-6H. The molecule has 26 aromatic rings. The van der Waals surface area contributed by atoms with E-state index in [0.717, 1.165) is 125 Å². The third-order valence-electron chi connectivity index (χ3n) is 19.8. The Labute approximate surface area is 708 Å². The number of aromatic nitrogens is 22. The maximum atomic E-state index is 4.45. The van der Waals surface area contributed by atoms with Crippen LogP contribution in [0.1, 0.15) is 0 Å². The van der Waals surface area contributed by atoms with E-state index >= 15 is 0 Å². The van der Waals surface area contributed by atoms with Crippen LogP contribution in [0.5, 0.6) is 0 Å². The van der Waals surface area contributed by atoms with Crippen molar-refractivity contribution in [3.05, 3.63) is 429 Å². The van der Waals surface area contributed by atoms with Gasteiger partial charge in [-0.2, -0.15) is 0 Å². The van der Waals surface area contributed by atoms with Crippen LogP contribution < -0.4 is 0 Å². The van der Waals surface area contributed by atoms with Crippen molar-refractivity contribution >= 4 is 174 Å². The van der Waals surface area contributed by atoms with Crippen LogP contribution in [0.2, 0.25) is 0 Å². The summed E-state index contributed by atoms with van der Waals surface area (Å²) in [5, 5.41) is 26.5. The first-order chi connectivity index (χ1) is 61.6. The summed E-state index contributed by atoms with van der Waals surface area (Å²) in [6.07, 6.45) is 49.1. The number of rotatable bonds is 0. The van der Waals surface area contributed by atoms with Crippen molar-refractivity contribution in [1.29, 1.82) is 0 Å². The first-order valence-electron chi connectivity index (χ1n) is 39.3. The van der Waals surface area contributed by atoms with Crippen LogP contribution >= 0.6 is 0 Å². The van der Waals surface area contributed by atoms with E-state index < -0.39 is 0 Å². The third-order valence-corrected chi connectivity index (χ3v) is 19.8. The lowest BCUT2D eigenvalue weighted by Crippen LogP contribution is -1.86. The van der Waals surface area contributed by atoms with E-state index in [2.05, 4.69) is 207 Å². The van der Waals surface area contributed by atoms with Crippen molar-refractivity contribution in [1.82, 2.24) is 110 Å². The lowest BCUT2D eigenvalue weighted by molar-refractivity contribution is 1.19. The van der Waals surface area contributed by atoms with Gasteiger partial charge < -0.3 is 0 Å². The number of fused-ring (bicyclic) bond motifs is 23. The highest BCUT2D eigenvalue weighted by Crippen LogP contribution is 2.34. The van der Waals surface area contributed by atoms with Gasteiger partial charge in [-0.15, -0.1) is 0 Å². The first kappa shape index (κ1) is 78.8. The summed E-state index contributed by atoms with van der Waals surface area (Å²) in [7, 11) is 0. The molecule has 588 valence electrons. The summed E-state index contributed by atoms with van der Waals surface area (Å²) in [5.41, 5.74) is 8.50. The quantitative estimate of drug-likeness (QED) is 0.127. The van der Waals surface area contributed by atoms with E-state index in [0.29, 0.717) is 0 Å². The van der Waals surface area contributed by atoms with Gasteiger partial charge in [0.25, 0.3) is 0 Å². The monoisotopic (exact) mass is 1600 g/mol. The summed E-state index contributed by atoms with van der Waals surface area (Å²) >= 11 is 0. The zero-order valence-electron chi connectivity index (χ0n) is 66.3. The van der Waals surface area contributed by atoms with Crippen molar-refractivity contribution in [2.24, 2.45) is 0 Å². The molecule has 0 aliphatic heterocycles. The van der Waals surface area contributed by atoms with Crippen LogP contribution in [-0.4, -0.2) is 110 Å². The molecule has 0 saturated carbocycles. The topological polar surface area (TPSA) is 284 Å². The fourth-order valence-corrected chi connectivity index (χ4v) is 13.9. The molecule has 0 N–H and O–H groups in total. The summed E-state index contributed by atoms with van der Waals surface area (Å²) < 4.78 is 0. The highest BCUT2D eigenvalue weighted by molar-refractivity contribution is 6.24. The van der Waals surface area contributed by atoms with Gasteiger partial charge >= 0.3 is 0 Å². The molecule has 0 spiro atoms. The number of hydrogen-bond acceptors (Lipinski definition) is 22. The van der Waals surface area contributed by atoms with Gasteiger partial charge in [-0.05, 0) is 110 Å². The highest BCUT2D eigenvalue weighted by atomic mass is 14.9. The largest absolute Gasteiger partial charge is 0.264 e. The van der Waals surface area contributed by atoms with E-state index in [1.54, 1.807) is 99.8 Å². The molecule has 0 atom stereocenters. The Balaban J connectivity index is 0.0000000982. The molecule has 22 nitrogen and oxygen atoms in total. The molecular weight excluding hydrogens is 1530 g/mol. The van der Waals surface area contributed by atoms with Gasteiger partial charge in [0.15, 0.2) is 5.65 Å². The Hall–Kier alpha value is -17.7. The maximum absolute atomic E-state index is 4.45. The lowest BCUT2D eigenvalue weighted by atomic mass is 9.98. The molecule has 22 heteroatoms. The first-order valence-corrected chi connectivity index (χ1v) is 39.3. The van der Waals surface area contributed by atoms with E-state index in [-0.39, 0.29) is 0 Å². The summed E-state index contributed by atoms with van der Waals surface area (Å²) in [4.78, 5) is 90.1. The van der Waals surface area contributed by atoms with E-state index in [9.17, 15) is 0 Å². The molecule has 0 aliphatic rings. The molecule has 26 rings (SSSR count). The van der Waals surface area contributed by atoms with E-state index in [1.165, 1.54) is 54.8 Å². The molecule has 0 radical (unpaired) electrons. The number of para-hydroxylation sites is 1. The van der Waals surface area contributed by atoms with Crippen LogP contribution in [0.4, 0.5) is 0 Å². The number of hydrogen-bond donors (Lipinski definition) is 0. The molecule has 0 bridgehead atoms. The third kappa shape index (κ3) is 19.1. The molecule has 16 aromatic heterocycles. The van der Waals surface area contributed by atoms with Crippen LogP contribution in [0.15, 0.2) is 429 Å². The summed E-state index contributed by atoms with van der Waals surface area (Å²) in [5.74, 6) is 0. The van der Waals surface area contributed by atoms with Crippen molar-refractivity contribution in [3.63, 3.8) is 0 Å². The highest BCUT2D eigenvalue weighted by Gasteiger charge is 2.10. The van der Waals surface area contributed by atoms with Gasteiger partial charge in [-0.25, -0.2) is 64.8 Å². The predicted octanol–water partition coefficient (Wildman–Crippen LogP) is 22.0. The second-order valence-corrected chi connectivity index (χ2v) is 27.5. The van der Waals surface area contributed by atoms with Crippen LogP contribution in [0.3, 0.4) is 0 Å². The molecule has 10 aromatic carbocycles. The maximum Gasteiger partial charge on any atom is 0.163 e. The SMILES string of the molecule is c1cc2ccncc2cn1.c1cc2cnccc2cn1.c1ccc2c(c1)c1ccccc1c1ncncc21.c1ccc2c(c1)ccc1cncnc12.c1ccc2c(c1)ccc1ncncc12.c1ccc2c(c1)cnc1cncnc12.c1ccc2c(c1)cnc1ncncc12.c1ccc2ncncc2c1.c1cnc2ccncc2c1.c1cnc2cnccc2c1. The second-order valence-electron chi connectivity index (χ2n) is 27.5. The Bertz CT molecular complexity index is 6500. The normalized spacial score (nSPS) is 10.6. The number of nitrogens with zero attached hydrogens (tertiary/aromatic N) is 22. The van der Waals surface area contributed by atoms with Gasteiger partial charge in [-0.1, -0.05) is 188 Å². The van der Waals surface area contributed by atoms with Crippen LogP contribution in [-0.2, 0) is 0 Å². The zero-order chi connectivity index (χ0) is 83.5. The molecule has 124 heavy (non-hydrogen) atoms. The van der Waals surface area contributed by atoms with Crippen molar-refractivity contribution in [2.45, 2.75) is 0 Å². The molecule has 0 fully saturated rings. The zero-order valence-corrected chi connectivity index (χ0v) is 66.3. The van der Waals surface area contributed by atoms with Crippen molar-refractivity contribution < 1.29 is 0 Å². The minimum atomic E-state index is 0.749. The van der Waals surface area contributed by atoms with Crippen molar-refractivity contribution in [2.75, 3.05) is 0 Å². The molecule has 0 aliphatic carbocycles. The van der Waals surface area contributed by atoms with Gasteiger partial charge in [0.2, 0.25) is 0 Å². The molecular formula is C102H70N22. The Morgan fingerprint density at radius 2 is 0.500 bits per heavy atom. The lowest BCUT2D eigenvalue weighted by Gasteiger charge is -2.08. The van der Waals surface area contributed by atoms with Gasteiger partial charge in [0.1, 0.15) is 43.5 Å². The summed E-state index contributed by atoms with van der Waals surface area (Å²) in [6.45, 7) is 0. The molecule has 0 saturated heterocycles. The minimum absolute atomic E-state index is 0.749. The fourth-order valence-electron chi connectivity index (χ4n) is 13.9. The molecule has 0 unspecified atom stereocenters. The molecule has 0 amide bonds. The van der Waals surface area contributed by atoms with Gasteiger partial charge in [0.05, 0.1) is 51.0 Å². The van der Waals surface area contributed by atoms with Crippen LogP contribution in [0.25, 0.3) is 174 Å². The van der Waals surface area contributed by atoms with E-state index in [1.807, 2.05) is 226 Å². The fraction of sp³-hybridized carbons (Fsp3) is 0.